The van der Waals surface area contributed by atoms with Crippen molar-refractivity contribution in [3.05, 3.63) is 0 Å². The summed E-state index contributed by atoms with van der Waals surface area (Å²) in [4.78, 5) is 47.5. The van der Waals surface area contributed by atoms with Gasteiger partial charge in [0, 0.05) is 0 Å². The Morgan fingerprint density at radius 2 is 1.71 bits per heavy atom. The molecular weight excluding hydrogens is 370 g/mol. The molecule has 0 aromatic heterocycles. The van der Waals surface area contributed by atoms with Gasteiger partial charge in [-0.05, 0) is 31.7 Å². The number of hydrogen-bond acceptors (Lipinski definition) is 7. The summed E-state index contributed by atoms with van der Waals surface area (Å²) in [6.45, 7) is 2.95. The van der Waals surface area contributed by atoms with Crippen molar-refractivity contribution < 1.29 is 29.4 Å². The van der Waals surface area contributed by atoms with E-state index in [-0.39, 0.29) is 12.3 Å². The second-order valence-electron chi connectivity index (χ2n) is 6.62. The molecule has 11 nitrogen and oxygen atoms in total. The van der Waals surface area contributed by atoms with E-state index in [2.05, 4.69) is 16.0 Å². The van der Waals surface area contributed by atoms with Crippen LogP contribution in [0.15, 0.2) is 0 Å². The summed E-state index contributed by atoms with van der Waals surface area (Å²) in [7, 11) is 0. The van der Waals surface area contributed by atoms with Gasteiger partial charge in [-0.1, -0.05) is 20.3 Å². The third kappa shape index (κ3) is 9.62. The summed E-state index contributed by atoms with van der Waals surface area (Å²) in [5.74, 6) is -3.40. The molecule has 162 valence electrons. The van der Waals surface area contributed by atoms with Gasteiger partial charge in [0.15, 0.2) is 0 Å². The molecule has 0 rings (SSSR count). The molecule has 11 heteroatoms. The van der Waals surface area contributed by atoms with E-state index < -0.39 is 55.0 Å². The number of unbranched alkanes of at least 4 members (excludes halogenated alkanes) is 1. The number of nitrogens with one attached hydrogen (secondary N) is 3. The van der Waals surface area contributed by atoms with Gasteiger partial charge in [0.2, 0.25) is 17.7 Å². The molecule has 0 aliphatic rings. The van der Waals surface area contributed by atoms with E-state index in [9.17, 15) is 24.3 Å². The normalized spacial score (nSPS) is 15.0. The molecule has 0 saturated heterocycles. The van der Waals surface area contributed by atoms with Gasteiger partial charge in [0.05, 0.1) is 13.2 Å². The molecule has 0 spiro atoms. The lowest BCUT2D eigenvalue weighted by Gasteiger charge is -2.24. The molecule has 0 bridgehead atoms. The predicted octanol–water partition coefficient (Wildman–Crippen LogP) is -2.35. The molecule has 0 aromatic rings. The fourth-order valence-electron chi connectivity index (χ4n) is 2.33. The fraction of sp³-hybridized carbons (Fsp3) is 0.765. The molecule has 0 heterocycles. The summed E-state index contributed by atoms with van der Waals surface area (Å²) >= 11 is 0. The summed E-state index contributed by atoms with van der Waals surface area (Å²) in [5.41, 5.74) is 10.8. The number of carbonyl (C=O) groups excluding carboxylic acids is 3. The standard InChI is InChI=1S/C17H33N5O6/c1-3-10(2)14(17(27)28)22-16(26)12(6-4-5-7-18)21-13(24)8-20-15(25)11(19)9-23/h10-12,14,23H,3-9,18-19H2,1-2H3,(H,20,25)(H,21,24)(H,22,26)(H,27,28). The van der Waals surface area contributed by atoms with Gasteiger partial charge >= 0.3 is 5.97 Å². The van der Waals surface area contributed by atoms with Gasteiger partial charge in [0.1, 0.15) is 18.1 Å². The molecule has 4 atom stereocenters. The van der Waals surface area contributed by atoms with Crippen LogP contribution in [0.1, 0.15) is 39.5 Å². The minimum atomic E-state index is -1.15. The first-order valence-corrected chi connectivity index (χ1v) is 9.34. The molecule has 0 aromatic carbocycles. The molecule has 3 amide bonds. The van der Waals surface area contributed by atoms with Crippen molar-refractivity contribution in [1.82, 2.24) is 16.0 Å². The van der Waals surface area contributed by atoms with E-state index in [1.165, 1.54) is 0 Å². The zero-order valence-electron chi connectivity index (χ0n) is 16.4. The van der Waals surface area contributed by atoms with E-state index >= 15 is 0 Å². The molecule has 0 aliphatic heterocycles. The van der Waals surface area contributed by atoms with Gasteiger partial charge in [-0.3, -0.25) is 14.4 Å². The summed E-state index contributed by atoms with van der Waals surface area (Å²) in [5, 5.41) is 25.3. The quantitative estimate of drug-likeness (QED) is 0.156. The van der Waals surface area contributed by atoms with Crippen molar-refractivity contribution in [1.29, 1.82) is 0 Å². The van der Waals surface area contributed by atoms with Crippen LogP contribution in [0, 0.1) is 5.92 Å². The maximum Gasteiger partial charge on any atom is 0.326 e. The number of carbonyl (C=O) groups is 4. The molecular formula is C17H33N5O6. The van der Waals surface area contributed by atoms with Gasteiger partial charge in [-0.25, -0.2) is 4.79 Å². The molecule has 0 radical (unpaired) electrons. The van der Waals surface area contributed by atoms with Crippen molar-refractivity contribution in [2.24, 2.45) is 17.4 Å². The third-order valence-electron chi connectivity index (χ3n) is 4.33. The van der Waals surface area contributed by atoms with E-state index in [0.717, 1.165) is 0 Å². The molecule has 0 saturated carbocycles. The highest BCUT2D eigenvalue weighted by molar-refractivity contribution is 5.92. The van der Waals surface area contributed by atoms with Crippen LogP contribution in [0.3, 0.4) is 0 Å². The Balaban J connectivity index is 4.95. The summed E-state index contributed by atoms with van der Waals surface area (Å²) < 4.78 is 0. The second-order valence-corrected chi connectivity index (χ2v) is 6.62. The topological polar surface area (TPSA) is 197 Å². The maximum absolute atomic E-state index is 12.5. The Labute approximate surface area is 164 Å². The van der Waals surface area contributed by atoms with Crippen LogP contribution in [0.5, 0.6) is 0 Å². The van der Waals surface area contributed by atoms with Crippen LogP contribution in [0.25, 0.3) is 0 Å². The first kappa shape index (κ1) is 25.8. The Morgan fingerprint density at radius 1 is 1.07 bits per heavy atom. The lowest BCUT2D eigenvalue weighted by molar-refractivity contribution is -0.143. The lowest BCUT2D eigenvalue weighted by Crippen LogP contribution is -2.55. The average molecular weight is 403 g/mol. The van der Waals surface area contributed by atoms with Crippen LogP contribution in [0.2, 0.25) is 0 Å². The highest BCUT2D eigenvalue weighted by Gasteiger charge is 2.29. The summed E-state index contributed by atoms with van der Waals surface area (Å²) in [6, 6.07) is -3.19. The third-order valence-corrected chi connectivity index (χ3v) is 4.33. The van der Waals surface area contributed by atoms with Crippen LogP contribution >= 0.6 is 0 Å². The van der Waals surface area contributed by atoms with Crippen molar-refractivity contribution in [2.45, 2.75) is 57.7 Å². The van der Waals surface area contributed by atoms with Crippen molar-refractivity contribution in [2.75, 3.05) is 19.7 Å². The van der Waals surface area contributed by atoms with Gasteiger partial charge < -0.3 is 37.6 Å². The van der Waals surface area contributed by atoms with Gasteiger partial charge in [-0.2, -0.15) is 0 Å². The van der Waals surface area contributed by atoms with E-state index in [0.29, 0.717) is 25.8 Å². The number of carboxylic acids is 1. The molecule has 0 aliphatic carbocycles. The van der Waals surface area contributed by atoms with Crippen molar-refractivity contribution in [3.63, 3.8) is 0 Å². The van der Waals surface area contributed by atoms with E-state index in [4.69, 9.17) is 16.6 Å². The largest absolute Gasteiger partial charge is 0.480 e. The monoisotopic (exact) mass is 403 g/mol. The summed E-state index contributed by atoms with van der Waals surface area (Å²) in [6.07, 6.45) is 2.01. The zero-order valence-corrected chi connectivity index (χ0v) is 16.4. The highest BCUT2D eigenvalue weighted by atomic mass is 16.4. The number of hydrogen-bond donors (Lipinski definition) is 7. The smallest absolute Gasteiger partial charge is 0.326 e. The van der Waals surface area contributed by atoms with Crippen LogP contribution in [-0.4, -0.2) is 71.7 Å². The first-order valence-electron chi connectivity index (χ1n) is 9.34. The Hall–Kier alpha value is -2.24. The fourth-order valence-corrected chi connectivity index (χ4v) is 2.33. The Kier molecular flexibility index (Phi) is 12.7. The molecule has 9 N–H and O–H groups in total. The number of amides is 3. The number of rotatable bonds is 14. The minimum absolute atomic E-state index is 0.270. The number of aliphatic carboxylic acids is 1. The molecule has 0 fully saturated rings. The number of aliphatic hydroxyl groups excluding tert-OH is 1. The minimum Gasteiger partial charge on any atom is -0.480 e. The molecule has 4 unspecified atom stereocenters. The zero-order chi connectivity index (χ0) is 21.7. The second kappa shape index (κ2) is 13.9. The lowest BCUT2D eigenvalue weighted by atomic mass is 9.98. The van der Waals surface area contributed by atoms with Crippen LogP contribution in [0.4, 0.5) is 0 Å². The molecule has 28 heavy (non-hydrogen) atoms. The van der Waals surface area contributed by atoms with Crippen molar-refractivity contribution in [3.8, 4) is 0 Å². The SMILES string of the molecule is CCC(C)C(NC(=O)C(CCCCN)NC(=O)CNC(=O)C(N)CO)C(=O)O. The Morgan fingerprint density at radius 3 is 2.21 bits per heavy atom. The van der Waals surface area contributed by atoms with Gasteiger partial charge in [-0.15, -0.1) is 0 Å². The van der Waals surface area contributed by atoms with E-state index in [1.54, 1.807) is 6.92 Å². The average Bonchev–Trinajstić information content (AvgIpc) is 2.67. The van der Waals surface area contributed by atoms with Crippen LogP contribution < -0.4 is 27.4 Å². The van der Waals surface area contributed by atoms with Crippen LogP contribution in [-0.2, 0) is 19.2 Å². The Bertz CT molecular complexity index is 530. The first-order chi connectivity index (χ1) is 13.2. The number of nitrogens with two attached hydrogens (primary N) is 2. The van der Waals surface area contributed by atoms with Gasteiger partial charge in [0.25, 0.3) is 0 Å². The highest BCUT2D eigenvalue weighted by Crippen LogP contribution is 2.09. The predicted molar refractivity (Wildman–Crippen MR) is 102 cm³/mol. The maximum atomic E-state index is 12.5. The number of aliphatic hydroxyl groups is 1. The van der Waals surface area contributed by atoms with E-state index in [1.807, 2.05) is 6.92 Å². The van der Waals surface area contributed by atoms with Crippen molar-refractivity contribution >= 4 is 23.7 Å². The number of carboxylic acid groups (broad SMARTS) is 1.